The van der Waals surface area contributed by atoms with Gasteiger partial charge < -0.3 is 10.6 Å². The lowest BCUT2D eigenvalue weighted by Crippen LogP contribution is -2.45. The lowest BCUT2D eigenvalue weighted by atomic mass is 9.88. The van der Waals surface area contributed by atoms with Crippen LogP contribution in [0.5, 0.6) is 0 Å². The molecule has 1 heterocycles. The highest BCUT2D eigenvalue weighted by Crippen LogP contribution is 2.47. The van der Waals surface area contributed by atoms with Crippen molar-refractivity contribution >= 4 is 0 Å². The van der Waals surface area contributed by atoms with E-state index >= 15 is 0 Å². The zero-order valence-corrected chi connectivity index (χ0v) is 9.67. The van der Waals surface area contributed by atoms with Crippen LogP contribution >= 0.6 is 0 Å². The van der Waals surface area contributed by atoms with Gasteiger partial charge in [0.25, 0.3) is 0 Å². The molecule has 2 bridgehead atoms. The number of fused-ring (bicyclic) bond motifs is 2. The minimum atomic E-state index is 0.762. The molecule has 4 atom stereocenters. The Morgan fingerprint density at radius 3 is 2.80 bits per heavy atom. The van der Waals surface area contributed by atoms with Gasteiger partial charge in [0, 0.05) is 12.6 Å². The highest BCUT2D eigenvalue weighted by molar-refractivity contribution is 4.91. The molecule has 86 valence electrons. The number of nitrogens with one attached hydrogen (secondary N) is 2. The summed E-state index contributed by atoms with van der Waals surface area (Å²) in [6.07, 6.45) is 8.88. The second-order valence-electron chi connectivity index (χ2n) is 5.89. The first-order chi connectivity index (χ1) is 7.42. The van der Waals surface area contributed by atoms with Crippen molar-refractivity contribution in [3.63, 3.8) is 0 Å². The standard InChI is InChI=1S/C13H24N2/c1-2-13(9-14-5-1)15-8-12-7-10-3-4-11(12)6-10/h10-15H,1-9H2. The second kappa shape index (κ2) is 4.42. The monoisotopic (exact) mass is 208 g/mol. The van der Waals surface area contributed by atoms with Crippen molar-refractivity contribution in [2.75, 3.05) is 19.6 Å². The van der Waals surface area contributed by atoms with Gasteiger partial charge in [0.2, 0.25) is 0 Å². The molecule has 0 aromatic rings. The fourth-order valence-corrected chi connectivity index (χ4v) is 3.97. The van der Waals surface area contributed by atoms with Gasteiger partial charge in [0.1, 0.15) is 0 Å². The van der Waals surface area contributed by atoms with E-state index in [1.807, 2.05) is 0 Å². The molecule has 2 aliphatic carbocycles. The lowest BCUT2D eigenvalue weighted by Gasteiger charge is -2.28. The van der Waals surface area contributed by atoms with Gasteiger partial charge in [-0.05, 0) is 62.9 Å². The van der Waals surface area contributed by atoms with E-state index in [0.29, 0.717) is 0 Å². The predicted octanol–water partition coefficient (Wildman–Crippen LogP) is 1.76. The number of piperidine rings is 1. The molecule has 2 nitrogen and oxygen atoms in total. The molecule has 15 heavy (non-hydrogen) atoms. The van der Waals surface area contributed by atoms with Crippen LogP contribution in [0.4, 0.5) is 0 Å². The van der Waals surface area contributed by atoms with Crippen LogP contribution in [0, 0.1) is 17.8 Å². The summed E-state index contributed by atoms with van der Waals surface area (Å²) >= 11 is 0. The Balaban J connectivity index is 1.42. The van der Waals surface area contributed by atoms with Crippen LogP contribution in [0.2, 0.25) is 0 Å². The van der Waals surface area contributed by atoms with Crippen LogP contribution in [0.1, 0.15) is 38.5 Å². The third-order valence-corrected chi connectivity index (χ3v) is 4.85. The minimum Gasteiger partial charge on any atom is -0.315 e. The summed E-state index contributed by atoms with van der Waals surface area (Å²) in [4.78, 5) is 0. The van der Waals surface area contributed by atoms with E-state index in [-0.39, 0.29) is 0 Å². The number of rotatable bonds is 3. The Morgan fingerprint density at radius 2 is 2.13 bits per heavy atom. The average Bonchev–Trinajstić information content (AvgIpc) is 2.89. The molecule has 3 aliphatic rings. The molecule has 2 heteroatoms. The fourth-order valence-electron chi connectivity index (χ4n) is 3.97. The molecule has 2 saturated carbocycles. The highest BCUT2D eigenvalue weighted by Gasteiger charge is 2.39. The van der Waals surface area contributed by atoms with E-state index in [9.17, 15) is 0 Å². The fraction of sp³-hybridized carbons (Fsp3) is 1.00. The molecular formula is C13H24N2. The van der Waals surface area contributed by atoms with Crippen LogP contribution in [0.25, 0.3) is 0 Å². The average molecular weight is 208 g/mol. The van der Waals surface area contributed by atoms with Crippen molar-refractivity contribution in [3.8, 4) is 0 Å². The molecule has 0 amide bonds. The van der Waals surface area contributed by atoms with Crippen molar-refractivity contribution in [2.45, 2.75) is 44.6 Å². The molecule has 0 radical (unpaired) electrons. The first-order valence-electron chi connectivity index (χ1n) is 6.86. The van der Waals surface area contributed by atoms with E-state index in [1.54, 1.807) is 6.42 Å². The molecule has 0 aromatic carbocycles. The van der Waals surface area contributed by atoms with Crippen LogP contribution < -0.4 is 10.6 Å². The quantitative estimate of drug-likeness (QED) is 0.738. The maximum Gasteiger partial charge on any atom is 0.0193 e. The topological polar surface area (TPSA) is 24.1 Å². The SMILES string of the molecule is C1CNCC(NCC2CC3CCC2C3)C1. The largest absolute Gasteiger partial charge is 0.315 e. The highest BCUT2D eigenvalue weighted by atomic mass is 15.0. The summed E-state index contributed by atoms with van der Waals surface area (Å²) in [7, 11) is 0. The van der Waals surface area contributed by atoms with Gasteiger partial charge in [-0.25, -0.2) is 0 Å². The van der Waals surface area contributed by atoms with Crippen molar-refractivity contribution in [1.29, 1.82) is 0 Å². The van der Waals surface area contributed by atoms with E-state index in [2.05, 4.69) is 10.6 Å². The minimum absolute atomic E-state index is 0.762. The Kier molecular flexibility index (Phi) is 2.98. The molecule has 0 aromatic heterocycles. The van der Waals surface area contributed by atoms with Crippen LogP contribution in [0.15, 0.2) is 0 Å². The predicted molar refractivity (Wildman–Crippen MR) is 62.8 cm³/mol. The van der Waals surface area contributed by atoms with E-state index < -0.39 is 0 Å². The van der Waals surface area contributed by atoms with Gasteiger partial charge in [-0.15, -0.1) is 0 Å². The van der Waals surface area contributed by atoms with Gasteiger partial charge >= 0.3 is 0 Å². The van der Waals surface area contributed by atoms with E-state index in [1.165, 1.54) is 51.7 Å². The maximum absolute atomic E-state index is 3.79. The Bertz CT molecular complexity index is 211. The van der Waals surface area contributed by atoms with Crippen molar-refractivity contribution in [3.05, 3.63) is 0 Å². The van der Waals surface area contributed by atoms with Crippen molar-refractivity contribution in [2.24, 2.45) is 17.8 Å². The van der Waals surface area contributed by atoms with Gasteiger partial charge in [-0.2, -0.15) is 0 Å². The Hall–Kier alpha value is -0.0800. The smallest absolute Gasteiger partial charge is 0.0193 e. The van der Waals surface area contributed by atoms with Crippen molar-refractivity contribution < 1.29 is 0 Å². The summed E-state index contributed by atoms with van der Waals surface area (Å²) in [5, 5.41) is 7.27. The van der Waals surface area contributed by atoms with Gasteiger partial charge in [0.05, 0.1) is 0 Å². The molecule has 2 N–H and O–H groups in total. The van der Waals surface area contributed by atoms with Crippen LogP contribution in [0.3, 0.4) is 0 Å². The Morgan fingerprint density at radius 1 is 1.13 bits per heavy atom. The number of hydrogen-bond donors (Lipinski definition) is 2. The third-order valence-electron chi connectivity index (χ3n) is 4.85. The molecule has 1 saturated heterocycles. The third kappa shape index (κ3) is 2.21. The normalized spacial score (nSPS) is 44.8. The van der Waals surface area contributed by atoms with Gasteiger partial charge in [0.15, 0.2) is 0 Å². The van der Waals surface area contributed by atoms with Gasteiger partial charge in [-0.1, -0.05) is 6.42 Å². The lowest BCUT2D eigenvalue weighted by molar-refractivity contribution is 0.290. The Labute approximate surface area is 93.2 Å². The van der Waals surface area contributed by atoms with Crippen molar-refractivity contribution in [1.82, 2.24) is 10.6 Å². The zero-order chi connectivity index (χ0) is 10.1. The molecular weight excluding hydrogens is 184 g/mol. The summed E-state index contributed by atoms with van der Waals surface area (Å²) < 4.78 is 0. The van der Waals surface area contributed by atoms with Gasteiger partial charge in [-0.3, -0.25) is 0 Å². The molecule has 1 aliphatic heterocycles. The van der Waals surface area contributed by atoms with Crippen LogP contribution in [-0.2, 0) is 0 Å². The summed E-state index contributed by atoms with van der Waals surface area (Å²) in [5.74, 6) is 3.20. The van der Waals surface area contributed by atoms with Crippen LogP contribution in [-0.4, -0.2) is 25.7 Å². The van der Waals surface area contributed by atoms with E-state index in [4.69, 9.17) is 0 Å². The molecule has 4 unspecified atom stereocenters. The first kappa shape index (κ1) is 10.1. The summed E-state index contributed by atoms with van der Waals surface area (Å²) in [6, 6.07) is 0.762. The maximum atomic E-state index is 3.79. The summed E-state index contributed by atoms with van der Waals surface area (Å²) in [6.45, 7) is 3.72. The van der Waals surface area contributed by atoms with E-state index in [0.717, 1.165) is 23.8 Å². The second-order valence-corrected chi connectivity index (χ2v) is 5.89. The summed E-state index contributed by atoms with van der Waals surface area (Å²) in [5.41, 5.74) is 0. The first-order valence-corrected chi connectivity index (χ1v) is 6.86. The molecule has 0 spiro atoms. The number of hydrogen-bond acceptors (Lipinski definition) is 2. The molecule has 3 fully saturated rings. The molecule has 3 rings (SSSR count). The zero-order valence-electron chi connectivity index (χ0n) is 9.67.